The second-order valence-electron chi connectivity index (χ2n) is 4.36. The van der Waals surface area contributed by atoms with Gasteiger partial charge in [0.15, 0.2) is 0 Å². The summed E-state index contributed by atoms with van der Waals surface area (Å²) in [5, 5.41) is 0. The summed E-state index contributed by atoms with van der Waals surface area (Å²) in [5.41, 5.74) is 6.88. The molecule has 0 heterocycles. The van der Waals surface area contributed by atoms with Crippen LogP contribution in [0, 0.1) is 11.7 Å². The van der Waals surface area contributed by atoms with Crippen LogP contribution in [0.4, 0.5) is 10.1 Å². The Morgan fingerprint density at radius 2 is 1.94 bits per heavy atom. The van der Waals surface area contributed by atoms with Crippen LogP contribution in [0.15, 0.2) is 18.2 Å². The molecule has 1 aromatic rings. The number of nitrogens with two attached hydrogens (primary N) is 1. The Balaban J connectivity index is 2.18. The van der Waals surface area contributed by atoms with Crippen LogP contribution in [0.5, 0.6) is 0 Å². The third-order valence-corrected chi connectivity index (χ3v) is 2.19. The molecule has 1 rings (SSSR count). The Labute approximate surface area is 102 Å². The molecule has 0 radical (unpaired) electrons. The predicted octanol–water partition coefficient (Wildman–Crippen LogP) is 2.60. The molecule has 3 nitrogen and oxygen atoms in total. The number of hydrogen-bond acceptors (Lipinski definition) is 3. The molecule has 0 spiro atoms. The highest BCUT2D eigenvalue weighted by Crippen LogP contribution is 2.14. The first-order valence-corrected chi connectivity index (χ1v) is 5.79. The smallest absolute Gasteiger partial charge is 0.125 e. The maximum atomic E-state index is 12.8. The van der Waals surface area contributed by atoms with E-state index in [-0.39, 0.29) is 5.82 Å². The van der Waals surface area contributed by atoms with Crippen LogP contribution < -0.4 is 5.73 Å². The van der Waals surface area contributed by atoms with Crippen molar-refractivity contribution in [3.8, 4) is 0 Å². The molecule has 0 aliphatic rings. The minimum absolute atomic E-state index is 0.327. The summed E-state index contributed by atoms with van der Waals surface area (Å²) in [7, 11) is 0. The highest BCUT2D eigenvalue weighted by atomic mass is 19.1. The molecule has 0 aliphatic heterocycles. The van der Waals surface area contributed by atoms with E-state index in [0.717, 1.165) is 12.2 Å². The van der Waals surface area contributed by atoms with Gasteiger partial charge in [0.25, 0.3) is 0 Å². The van der Waals surface area contributed by atoms with E-state index in [2.05, 4.69) is 13.8 Å². The molecule has 0 amide bonds. The van der Waals surface area contributed by atoms with E-state index in [1.54, 1.807) is 6.07 Å². The van der Waals surface area contributed by atoms with E-state index in [1.165, 1.54) is 12.1 Å². The van der Waals surface area contributed by atoms with Crippen LogP contribution in [0.2, 0.25) is 0 Å². The van der Waals surface area contributed by atoms with Gasteiger partial charge < -0.3 is 15.2 Å². The number of hydrogen-bond donors (Lipinski definition) is 1. The number of benzene rings is 1. The summed E-state index contributed by atoms with van der Waals surface area (Å²) in [5.74, 6) is 0.203. The van der Waals surface area contributed by atoms with Gasteiger partial charge in [-0.15, -0.1) is 0 Å². The fraction of sp³-hybridized carbons (Fsp3) is 0.538. The summed E-state index contributed by atoms with van der Waals surface area (Å²) in [6.45, 7) is 6.40. The van der Waals surface area contributed by atoms with Gasteiger partial charge in [0.2, 0.25) is 0 Å². The van der Waals surface area contributed by atoms with Crippen molar-refractivity contribution in [3.63, 3.8) is 0 Å². The van der Waals surface area contributed by atoms with E-state index < -0.39 is 0 Å². The Bertz CT molecular complexity index is 342. The normalized spacial score (nSPS) is 11.1. The molecule has 0 aliphatic carbocycles. The fourth-order valence-electron chi connectivity index (χ4n) is 1.32. The van der Waals surface area contributed by atoms with Gasteiger partial charge in [0.1, 0.15) is 5.82 Å². The second kappa shape index (κ2) is 7.25. The largest absolute Gasteiger partial charge is 0.398 e. The Kier molecular flexibility index (Phi) is 5.94. The third-order valence-electron chi connectivity index (χ3n) is 2.19. The van der Waals surface area contributed by atoms with Gasteiger partial charge in [0.05, 0.1) is 19.8 Å². The molecule has 0 saturated heterocycles. The molecule has 2 N–H and O–H groups in total. The zero-order chi connectivity index (χ0) is 12.7. The van der Waals surface area contributed by atoms with E-state index >= 15 is 0 Å². The van der Waals surface area contributed by atoms with Crippen LogP contribution >= 0.6 is 0 Å². The number of nitrogen functional groups attached to an aromatic ring is 1. The minimum Gasteiger partial charge on any atom is -0.398 e. The molecule has 4 heteroatoms. The number of anilines is 1. The summed E-state index contributed by atoms with van der Waals surface area (Å²) in [4.78, 5) is 0. The molecule has 0 unspecified atom stereocenters. The zero-order valence-electron chi connectivity index (χ0n) is 10.4. The quantitative estimate of drug-likeness (QED) is 0.589. The van der Waals surface area contributed by atoms with Gasteiger partial charge in [0, 0.05) is 17.9 Å². The van der Waals surface area contributed by atoms with Crippen molar-refractivity contribution in [3.05, 3.63) is 29.6 Å². The molecule has 96 valence electrons. The molecule has 0 fully saturated rings. The van der Waals surface area contributed by atoms with Crippen molar-refractivity contribution in [2.24, 2.45) is 5.92 Å². The summed E-state index contributed by atoms with van der Waals surface area (Å²) in [6, 6.07) is 4.32. The highest BCUT2D eigenvalue weighted by Gasteiger charge is 2.01. The minimum atomic E-state index is -0.327. The van der Waals surface area contributed by atoms with Crippen molar-refractivity contribution in [1.82, 2.24) is 0 Å². The molecule has 0 saturated carbocycles. The predicted molar refractivity (Wildman–Crippen MR) is 66.1 cm³/mol. The van der Waals surface area contributed by atoms with Gasteiger partial charge in [-0.2, -0.15) is 0 Å². The van der Waals surface area contributed by atoms with Crippen molar-refractivity contribution >= 4 is 5.69 Å². The molecule has 0 atom stereocenters. The second-order valence-corrected chi connectivity index (χ2v) is 4.36. The maximum absolute atomic E-state index is 12.8. The summed E-state index contributed by atoms with van der Waals surface area (Å²) >= 11 is 0. The lowest BCUT2D eigenvalue weighted by molar-refractivity contribution is 0.0316. The van der Waals surface area contributed by atoms with Gasteiger partial charge in [-0.25, -0.2) is 4.39 Å². The van der Waals surface area contributed by atoms with E-state index in [1.807, 2.05) is 0 Å². The van der Waals surface area contributed by atoms with Crippen molar-refractivity contribution in [2.45, 2.75) is 20.5 Å². The molecule has 0 bridgehead atoms. The van der Waals surface area contributed by atoms with Crippen molar-refractivity contribution in [1.29, 1.82) is 0 Å². The SMILES string of the molecule is CC(C)COCCOCc1ccc(F)cc1N. The first-order chi connectivity index (χ1) is 8.09. The van der Waals surface area contributed by atoms with Crippen LogP contribution in [0.25, 0.3) is 0 Å². The number of halogens is 1. The Hall–Kier alpha value is -1.13. The van der Waals surface area contributed by atoms with Crippen molar-refractivity contribution < 1.29 is 13.9 Å². The lowest BCUT2D eigenvalue weighted by atomic mass is 10.2. The Morgan fingerprint density at radius 3 is 2.59 bits per heavy atom. The fourth-order valence-corrected chi connectivity index (χ4v) is 1.32. The first kappa shape index (κ1) is 13.9. The lowest BCUT2D eigenvalue weighted by Gasteiger charge is -2.09. The van der Waals surface area contributed by atoms with Gasteiger partial charge in [-0.05, 0) is 18.1 Å². The molecule has 17 heavy (non-hydrogen) atoms. The average molecular weight is 241 g/mol. The number of rotatable bonds is 7. The first-order valence-electron chi connectivity index (χ1n) is 5.79. The van der Waals surface area contributed by atoms with Crippen LogP contribution in [-0.2, 0) is 16.1 Å². The summed E-state index contributed by atoms with van der Waals surface area (Å²) < 4.78 is 23.5. The highest BCUT2D eigenvalue weighted by molar-refractivity contribution is 5.46. The van der Waals surface area contributed by atoms with Crippen LogP contribution in [-0.4, -0.2) is 19.8 Å². The Morgan fingerprint density at radius 1 is 1.24 bits per heavy atom. The van der Waals surface area contributed by atoms with Crippen molar-refractivity contribution in [2.75, 3.05) is 25.6 Å². The molecular weight excluding hydrogens is 221 g/mol. The third kappa shape index (κ3) is 5.65. The van der Waals surface area contributed by atoms with E-state index in [9.17, 15) is 4.39 Å². The maximum Gasteiger partial charge on any atom is 0.125 e. The zero-order valence-corrected chi connectivity index (χ0v) is 10.4. The lowest BCUT2D eigenvalue weighted by Crippen LogP contribution is -2.09. The summed E-state index contributed by atoms with van der Waals surface area (Å²) in [6.07, 6.45) is 0. The van der Waals surface area contributed by atoms with Crippen LogP contribution in [0.1, 0.15) is 19.4 Å². The van der Waals surface area contributed by atoms with Crippen LogP contribution in [0.3, 0.4) is 0 Å². The number of ether oxygens (including phenoxy) is 2. The van der Waals surface area contributed by atoms with Gasteiger partial charge in [-0.3, -0.25) is 0 Å². The monoisotopic (exact) mass is 241 g/mol. The van der Waals surface area contributed by atoms with E-state index in [4.69, 9.17) is 15.2 Å². The molecule has 0 aromatic heterocycles. The molecular formula is C13H20FNO2. The van der Waals surface area contributed by atoms with Gasteiger partial charge >= 0.3 is 0 Å². The van der Waals surface area contributed by atoms with Gasteiger partial charge in [-0.1, -0.05) is 19.9 Å². The standard InChI is InChI=1S/C13H20FNO2/c1-10(2)8-16-5-6-17-9-11-3-4-12(14)7-13(11)15/h3-4,7,10H,5-6,8-9,15H2,1-2H3. The topological polar surface area (TPSA) is 44.5 Å². The molecule has 1 aromatic carbocycles. The average Bonchev–Trinajstić information content (AvgIpc) is 2.25. The van der Waals surface area contributed by atoms with E-state index in [0.29, 0.717) is 31.4 Å².